The molecule has 27 heavy (non-hydrogen) atoms. The van der Waals surface area contributed by atoms with Crippen LogP contribution in [0.25, 0.3) is 0 Å². The molecule has 0 bridgehead atoms. The van der Waals surface area contributed by atoms with Gasteiger partial charge in [-0.1, -0.05) is 36.7 Å². The van der Waals surface area contributed by atoms with E-state index in [4.69, 9.17) is 9.26 Å². The summed E-state index contributed by atoms with van der Waals surface area (Å²) in [5.74, 6) is 2.80. The van der Waals surface area contributed by atoms with E-state index < -0.39 is 0 Å². The molecular formula is C20H31IN4O2. The highest BCUT2D eigenvalue weighted by atomic mass is 127. The number of guanidine groups is 1. The highest BCUT2D eigenvalue weighted by Crippen LogP contribution is 2.14. The normalized spacial score (nSPS) is 11.2. The third-order valence-electron chi connectivity index (χ3n) is 3.81. The highest BCUT2D eigenvalue weighted by molar-refractivity contribution is 14.0. The largest absolute Gasteiger partial charge is 0.494 e. The summed E-state index contributed by atoms with van der Waals surface area (Å²) in [5.41, 5.74) is 2.19. The third kappa shape index (κ3) is 8.64. The fourth-order valence-corrected chi connectivity index (χ4v) is 2.28. The fraction of sp³-hybridized carbons (Fsp3) is 0.500. The van der Waals surface area contributed by atoms with Gasteiger partial charge in [-0.2, -0.15) is 0 Å². The molecule has 0 saturated heterocycles. The number of rotatable bonds is 9. The van der Waals surface area contributed by atoms with E-state index >= 15 is 0 Å². The monoisotopic (exact) mass is 486 g/mol. The molecule has 1 aromatic carbocycles. The van der Waals surface area contributed by atoms with Gasteiger partial charge in [0.05, 0.1) is 12.3 Å². The first-order valence-electron chi connectivity index (χ1n) is 9.25. The maximum atomic E-state index is 5.73. The molecule has 150 valence electrons. The number of aryl methyl sites for hydroxylation is 1. The van der Waals surface area contributed by atoms with Crippen LogP contribution in [-0.2, 0) is 6.54 Å². The van der Waals surface area contributed by atoms with Gasteiger partial charge in [-0.05, 0) is 38.3 Å². The molecule has 6 nitrogen and oxygen atoms in total. The molecule has 2 aromatic rings. The maximum absolute atomic E-state index is 5.73. The maximum Gasteiger partial charge on any atom is 0.191 e. The van der Waals surface area contributed by atoms with E-state index in [-0.39, 0.29) is 24.0 Å². The molecule has 0 unspecified atom stereocenters. The second-order valence-electron chi connectivity index (χ2n) is 6.51. The van der Waals surface area contributed by atoms with Crippen molar-refractivity contribution in [1.82, 2.24) is 15.8 Å². The van der Waals surface area contributed by atoms with Crippen LogP contribution in [0.5, 0.6) is 5.75 Å². The van der Waals surface area contributed by atoms with Gasteiger partial charge in [-0.3, -0.25) is 0 Å². The second-order valence-corrected chi connectivity index (χ2v) is 6.51. The van der Waals surface area contributed by atoms with Crippen molar-refractivity contribution in [3.8, 4) is 5.75 Å². The van der Waals surface area contributed by atoms with Crippen LogP contribution in [-0.4, -0.2) is 30.8 Å². The molecule has 0 atom stereocenters. The van der Waals surface area contributed by atoms with Gasteiger partial charge in [-0.25, -0.2) is 4.99 Å². The van der Waals surface area contributed by atoms with Crippen molar-refractivity contribution < 1.29 is 9.26 Å². The number of nitrogens with zero attached hydrogens (tertiary/aromatic N) is 2. The Morgan fingerprint density at radius 2 is 1.96 bits per heavy atom. The molecule has 0 aliphatic heterocycles. The number of ether oxygens (including phenoxy) is 1. The molecule has 0 radical (unpaired) electrons. The number of nitrogens with one attached hydrogen (secondary N) is 2. The quantitative estimate of drug-likeness (QED) is 0.240. The Balaban J connectivity index is 0.00000364. The third-order valence-corrected chi connectivity index (χ3v) is 3.81. The van der Waals surface area contributed by atoms with Crippen molar-refractivity contribution in [2.45, 2.75) is 46.6 Å². The Morgan fingerprint density at radius 1 is 1.22 bits per heavy atom. The van der Waals surface area contributed by atoms with E-state index in [0.717, 1.165) is 42.7 Å². The molecule has 0 amide bonds. The van der Waals surface area contributed by atoms with E-state index in [1.165, 1.54) is 5.56 Å². The molecule has 0 saturated carbocycles. The number of aromatic nitrogens is 1. The van der Waals surface area contributed by atoms with Gasteiger partial charge in [-0.15, -0.1) is 24.0 Å². The predicted octanol–water partition coefficient (Wildman–Crippen LogP) is 4.25. The van der Waals surface area contributed by atoms with Gasteiger partial charge < -0.3 is 19.9 Å². The van der Waals surface area contributed by atoms with Crippen LogP contribution in [0, 0.1) is 6.92 Å². The van der Waals surface area contributed by atoms with Crippen LogP contribution >= 0.6 is 24.0 Å². The molecule has 0 aliphatic rings. The van der Waals surface area contributed by atoms with Gasteiger partial charge in [0.1, 0.15) is 12.3 Å². The molecule has 7 heteroatoms. The van der Waals surface area contributed by atoms with Gasteiger partial charge in [0.25, 0.3) is 0 Å². The summed E-state index contributed by atoms with van der Waals surface area (Å²) in [6.45, 7) is 11.0. The zero-order chi connectivity index (χ0) is 18.8. The first-order chi connectivity index (χ1) is 12.6. The Bertz CT molecular complexity index is 684. The minimum absolute atomic E-state index is 0. The van der Waals surface area contributed by atoms with Crippen LogP contribution in [0.2, 0.25) is 0 Å². The molecular weight excluding hydrogens is 455 g/mol. The minimum atomic E-state index is 0. The van der Waals surface area contributed by atoms with Crippen LogP contribution < -0.4 is 15.4 Å². The number of aliphatic imine (C=N–C) groups is 1. The lowest BCUT2D eigenvalue weighted by atomic mass is 10.1. The Hall–Kier alpha value is -1.77. The topological polar surface area (TPSA) is 71.7 Å². The minimum Gasteiger partial charge on any atom is -0.494 e. The van der Waals surface area contributed by atoms with Gasteiger partial charge in [0, 0.05) is 19.2 Å². The first-order valence-corrected chi connectivity index (χ1v) is 9.25. The summed E-state index contributed by atoms with van der Waals surface area (Å²) in [7, 11) is 0. The van der Waals surface area contributed by atoms with Crippen molar-refractivity contribution in [1.29, 1.82) is 0 Å². The van der Waals surface area contributed by atoms with E-state index in [1.807, 2.05) is 25.1 Å². The van der Waals surface area contributed by atoms with Crippen LogP contribution in [0.15, 0.2) is 39.8 Å². The predicted molar refractivity (Wildman–Crippen MR) is 120 cm³/mol. The van der Waals surface area contributed by atoms with Crippen molar-refractivity contribution in [3.05, 3.63) is 47.3 Å². The lowest BCUT2D eigenvalue weighted by Crippen LogP contribution is -2.38. The molecule has 2 N–H and O–H groups in total. The number of benzene rings is 1. The zero-order valence-corrected chi connectivity index (χ0v) is 18.9. The van der Waals surface area contributed by atoms with Crippen molar-refractivity contribution >= 4 is 29.9 Å². The SMILES string of the molecule is CCNC(=NCc1cc(C(C)C)no1)NCCCOc1ccc(C)cc1.I. The van der Waals surface area contributed by atoms with Crippen LogP contribution in [0.4, 0.5) is 0 Å². The fourth-order valence-electron chi connectivity index (χ4n) is 2.28. The first kappa shape index (κ1) is 23.3. The number of halogens is 1. The summed E-state index contributed by atoms with van der Waals surface area (Å²) in [6, 6.07) is 10.1. The lowest BCUT2D eigenvalue weighted by Gasteiger charge is -2.11. The van der Waals surface area contributed by atoms with E-state index in [9.17, 15) is 0 Å². The highest BCUT2D eigenvalue weighted by Gasteiger charge is 2.07. The van der Waals surface area contributed by atoms with E-state index in [0.29, 0.717) is 19.1 Å². The molecule has 1 aromatic heterocycles. The van der Waals surface area contributed by atoms with Crippen LogP contribution in [0.1, 0.15) is 50.1 Å². The van der Waals surface area contributed by atoms with E-state index in [2.05, 4.69) is 53.7 Å². The van der Waals surface area contributed by atoms with Gasteiger partial charge in [0.2, 0.25) is 0 Å². The standard InChI is InChI=1S/C20H30N4O2.HI/c1-5-21-20(23-14-18-13-19(15(2)3)24-26-18)22-11-6-12-25-17-9-7-16(4)8-10-17;/h7-10,13,15H,5-6,11-12,14H2,1-4H3,(H2,21,22,23);1H. The molecule has 2 rings (SSSR count). The zero-order valence-electron chi connectivity index (χ0n) is 16.6. The van der Waals surface area contributed by atoms with Crippen molar-refractivity contribution in [2.75, 3.05) is 19.7 Å². The molecule has 0 spiro atoms. The molecule has 0 fully saturated rings. The van der Waals surface area contributed by atoms with Gasteiger partial charge in [0.15, 0.2) is 11.7 Å². The average molecular weight is 486 g/mol. The second kappa shape index (κ2) is 12.6. The number of hydrogen-bond donors (Lipinski definition) is 2. The van der Waals surface area contributed by atoms with Gasteiger partial charge >= 0.3 is 0 Å². The number of hydrogen-bond acceptors (Lipinski definition) is 4. The lowest BCUT2D eigenvalue weighted by molar-refractivity contribution is 0.311. The molecule has 1 heterocycles. The smallest absolute Gasteiger partial charge is 0.191 e. The average Bonchev–Trinajstić information content (AvgIpc) is 3.10. The summed E-state index contributed by atoms with van der Waals surface area (Å²) < 4.78 is 11.1. The van der Waals surface area contributed by atoms with Crippen molar-refractivity contribution in [2.24, 2.45) is 4.99 Å². The van der Waals surface area contributed by atoms with Crippen molar-refractivity contribution in [3.63, 3.8) is 0 Å². The summed E-state index contributed by atoms with van der Waals surface area (Å²) in [4.78, 5) is 4.54. The molecule has 0 aliphatic carbocycles. The Labute approximate surface area is 179 Å². The van der Waals surface area contributed by atoms with Crippen LogP contribution in [0.3, 0.4) is 0 Å². The Morgan fingerprint density at radius 3 is 2.59 bits per heavy atom. The van der Waals surface area contributed by atoms with E-state index in [1.54, 1.807) is 0 Å². The summed E-state index contributed by atoms with van der Waals surface area (Å²) in [5, 5.41) is 10.6. The summed E-state index contributed by atoms with van der Waals surface area (Å²) in [6.07, 6.45) is 0.887. The Kier molecular flexibility index (Phi) is 10.8. The summed E-state index contributed by atoms with van der Waals surface area (Å²) >= 11 is 0.